The molecule has 0 saturated heterocycles. The van der Waals surface area contributed by atoms with Gasteiger partial charge >= 0.3 is 0 Å². The first-order valence-corrected chi connectivity index (χ1v) is 10.0. The number of hydrogen-bond donors (Lipinski definition) is 1. The molecule has 0 aliphatic heterocycles. The maximum Gasteiger partial charge on any atom is 0.293 e. The van der Waals surface area contributed by atoms with E-state index in [1.807, 2.05) is 60.7 Å². The lowest BCUT2D eigenvalue weighted by molar-refractivity contribution is -0.146. The lowest BCUT2D eigenvalue weighted by Gasteiger charge is -2.26. The lowest BCUT2D eigenvalue weighted by Crippen LogP contribution is -2.41. The van der Waals surface area contributed by atoms with Crippen molar-refractivity contribution >= 4 is 6.47 Å². The van der Waals surface area contributed by atoms with Crippen LogP contribution in [0.4, 0.5) is 0 Å². The van der Waals surface area contributed by atoms with E-state index in [4.69, 9.17) is 18.9 Å². The molecule has 0 heterocycles. The van der Waals surface area contributed by atoms with Crippen molar-refractivity contribution in [2.45, 2.75) is 25.4 Å². The van der Waals surface area contributed by atoms with E-state index in [-0.39, 0.29) is 24.7 Å². The molecule has 0 saturated carbocycles. The van der Waals surface area contributed by atoms with Crippen LogP contribution in [-0.2, 0) is 32.2 Å². The Morgan fingerprint density at radius 1 is 0.710 bits per heavy atom. The topological polar surface area (TPSA) is 74.2 Å². The minimum Gasteiger partial charge on any atom is -0.504 e. The molecule has 6 heteroatoms. The Labute approximate surface area is 182 Å². The molecule has 3 rings (SSSR count). The van der Waals surface area contributed by atoms with Crippen LogP contribution in [0.5, 0.6) is 11.5 Å². The molecule has 0 aliphatic carbocycles. The van der Waals surface area contributed by atoms with Crippen LogP contribution in [0.3, 0.4) is 0 Å². The van der Waals surface area contributed by atoms with Gasteiger partial charge in [0.05, 0.1) is 26.4 Å². The van der Waals surface area contributed by atoms with E-state index in [9.17, 15) is 9.90 Å². The number of carbonyl (C=O) groups is 1. The summed E-state index contributed by atoms with van der Waals surface area (Å²) >= 11 is 0. The van der Waals surface area contributed by atoms with E-state index in [0.717, 1.165) is 11.1 Å². The van der Waals surface area contributed by atoms with E-state index in [1.54, 1.807) is 18.2 Å². The Bertz CT molecular complexity index is 900. The highest BCUT2D eigenvalue weighted by Crippen LogP contribution is 2.26. The zero-order chi connectivity index (χ0) is 21.7. The molecule has 1 N–H and O–H groups in total. The summed E-state index contributed by atoms with van der Waals surface area (Å²) in [6.07, 6.45) is -1.41. The number of aromatic hydroxyl groups is 1. The highest BCUT2D eigenvalue weighted by atomic mass is 16.6. The van der Waals surface area contributed by atoms with Crippen LogP contribution < -0.4 is 4.74 Å². The molecule has 0 aliphatic rings. The summed E-state index contributed by atoms with van der Waals surface area (Å²) in [5.41, 5.74) is 2.02. The van der Waals surface area contributed by atoms with Gasteiger partial charge in [-0.2, -0.15) is 0 Å². The van der Waals surface area contributed by atoms with Crippen LogP contribution in [0.2, 0.25) is 0 Å². The first kappa shape index (κ1) is 22.3. The number of benzene rings is 3. The van der Waals surface area contributed by atoms with Gasteiger partial charge in [0, 0.05) is 0 Å². The molecule has 0 fully saturated rings. The average molecular weight is 422 g/mol. The molecule has 0 unspecified atom stereocenters. The van der Waals surface area contributed by atoms with Crippen LogP contribution >= 0.6 is 0 Å². The second-order valence-corrected chi connectivity index (χ2v) is 6.90. The van der Waals surface area contributed by atoms with Crippen molar-refractivity contribution in [3.63, 3.8) is 0 Å². The molecule has 2 atom stereocenters. The van der Waals surface area contributed by atoms with E-state index < -0.39 is 12.2 Å². The molecular formula is C25H26O6. The quantitative estimate of drug-likeness (QED) is 0.418. The summed E-state index contributed by atoms with van der Waals surface area (Å²) in [6, 6.07) is 26.0. The van der Waals surface area contributed by atoms with Crippen molar-refractivity contribution in [3.8, 4) is 11.5 Å². The van der Waals surface area contributed by atoms with Gasteiger partial charge in [-0.1, -0.05) is 72.8 Å². The van der Waals surface area contributed by atoms with E-state index in [1.165, 1.54) is 6.07 Å². The first-order valence-electron chi connectivity index (χ1n) is 10.0. The van der Waals surface area contributed by atoms with Gasteiger partial charge in [0.2, 0.25) is 0 Å². The summed E-state index contributed by atoms with van der Waals surface area (Å²) in [5.74, 6) is 0.268. The zero-order valence-corrected chi connectivity index (χ0v) is 17.1. The number of phenols is 1. The molecule has 0 amide bonds. The van der Waals surface area contributed by atoms with Gasteiger partial charge in [0.15, 0.2) is 23.7 Å². The summed E-state index contributed by atoms with van der Waals surface area (Å²) in [4.78, 5) is 11.1. The van der Waals surface area contributed by atoms with Gasteiger partial charge in [0.25, 0.3) is 6.47 Å². The second-order valence-electron chi connectivity index (χ2n) is 6.90. The van der Waals surface area contributed by atoms with Gasteiger partial charge in [0.1, 0.15) is 0 Å². The fraction of sp³-hybridized carbons (Fsp3) is 0.240. The molecule has 31 heavy (non-hydrogen) atoms. The van der Waals surface area contributed by atoms with Crippen LogP contribution in [0.25, 0.3) is 0 Å². The maximum absolute atomic E-state index is 11.1. The third-order valence-electron chi connectivity index (χ3n) is 4.58. The Balaban J connectivity index is 1.65. The van der Waals surface area contributed by atoms with E-state index in [2.05, 4.69) is 0 Å². The summed E-state index contributed by atoms with van der Waals surface area (Å²) in [6.45, 7) is 1.36. The number of carbonyl (C=O) groups excluding carboxylic acids is 1. The Hall–Kier alpha value is -3.35. The molecular weight excluding hydrogens is 396 g/mol. The summed E-state index contributed by atoms with van der Waals surface area (Å²) in [7, 11) is 0. The van der Waals surface area contributed by atoms with Crippen molar-refractivity contribution in [3.05, 3.63) is 96.1 Å². The van der Waals surface area contributed by atoms with Gasteiger partial charge < -0.3 is 24.1 Å². The van der Waals surface area contributed by atoms with Crippen molar-refractivity contribution < 1.29 is 28.8 Å². The van der Waals surface area contributed by atoms with Crippen LogP contribution in [-0.4, -0.2) is 37.0 Å². The highest BCUT2D eigenvalue weighted by molar-refractivity contribution is 5.39. The number of rotatable bonds is 13. The standard InChI is InChI=1S/C25H26O6/c26-19-30-24(17-28-15-20-9-3-1-4-10-20)25(31-23-14-8-7-13-22(23)27)18-29-16-21-11-5-2-6-12-21/h1-14,19,24-25,27H,15-18H2/t24-,25+/m0/s1. The molecule has 6 nitrogen and oxygen atoms in total. The third kappa shape index (κ3) is 7.44. The molecule has 162 valence electrons. The summed E-state index contributed by atoms with van der Waals surface area (Å²) in [5, 5.41) is 10.1. The van der Waals surface area contributed by atoms with Crippen molar-refractivity contribution in [1.82, 2.24) is 0 Å². The van der Waals surface area contributed by atoms with Gasteiger partial charge in [-0.25, -0.2) is 0 Å². The van der Waals surface area contributed by atoms with Crippen molar-refractivity contribution in [2.24, 2.45) is 0 Å². The SMILES string of the molecule is O=CO[C@@H](COCc1ccccc1)[C@@H](COCc1ccccc1)Oc1ccccc1O. The number of para-hydroxylation sites is 2. The summed E-state index contributed by atoms with van der Waals surface area (Å²) < 4.78 is 22.8. The minimum absolute atomic E-state index is 0.00869. The normalized spacial score (nSPS) is 12.6. The molecule has 3 aromatic carbocycles. The van der Waals surface area contributed by atoms with Crippen molar-refractivity contribution in [1.29, 1.82) is 0 Å². The number of hydrogen-bond acceptors (Lipinski definition) is 6. The maximum atomic E-state index is 11.1. The highest BCUT2D eigenvalue weighted by Gasteiger charge is 2.27. The van der Waals surface area contributed by atoms with E-state index in [0.29, 0.717) is 19.7 Å². The monoisotopic (exact) mass is 422 g/mol. The second kappa shape index (κ2) is 12.4. The number of ether oxygens (including phenoxy) is 4. The molecule has 0 aromatic heterocycles. The Morgan fingerprint density at radius 3 is 1.77 bits per heavy atom. The minimum atomic E-state index is -0.725. The molecule has 0 radical (unpaired) electrons. The lowest BCUT2D eigenvalue weighted by atomic mass is 10.2. The average Bonchev–Trinajstić information content (AvgIpc) is 2.81. The molecule has 0 spiro atoms. The fourth-order valence-electron chi connectivity index (χ4n) is 2.98. The predicted molar refractivity (Wildman–Crippen MR) is 116 cm³/mol. The van der Waals surface area contributed by atoms with Crippen LogP contribution in [0.1, 0.15) is 11.1 Å². The Morgan fingerprint density at radius 2 is 1.23 bits per heavy atom. The number of phenolic OH excluding ortho intramolecular Hbond substituents is 1. The molecule has 3 aromatic rings. The third-order valence-corrected chi connectivity index (χ3v) is 4.58. The first-order chi connectivity index (χ1) is 15.3. The van der Waals surface area contributed by atoms with Gasteiger partial charge in [-0.05, 0) is 23.3 Å². The fourth-order valence-corrected chi connectivity index (χ4v) is 2.98. The van der Waals surface area contributed by atoms with Crippen LogP contribution in [0.15, 0.2) is 84.9 Å². The van der Waals surface area contributed by atoms with E-state index >= 15 is 0 Å². The zero-order valence-electron chi connectivity index (χ0n) is 17.1. The van der Waals surface area contributed by atoms with Crippen LogP contribution in [0, 0.1) is 0 Å². The largest absolute Gasteiger partial charge is 0.504 e. The Kier molecular flexibility index (Phi) is 8.91. The predicted octanol–water partition coefficient (Wildman–Crippen LogP) is 4.11. The van der Waals surface area contributed by atoms with Gasteiger partial charge in [-0.3, -0.25) is 4.79 Å². The smallest absolute Gasteiger partial charge is 0.293 e. The molecule has 0 bridgehead atoms. The van der Waals surface area contributed by atoms with Crippen molar-refractivity contribution in [2.75, 3.05) is 13.2 Å². The van der Waals surface area contributed by atoms with Gasteiger partial charge in [-0.15, -0.1) is 0 Å².